The SMILES string of the molecule is Cc1ccc(-c2cc(C(F)(F)F)nn2-c2ccc(S(N)(=O)=O)cc2)cc1.NC(=O)CCCC(=O)O. The molecule has 0 radical (unpaired) electrons. The number of rotatable bonds is 7. The Hall–Kier alpha value is -3.71. The molecule has 9 nitrogen and oxygen atoms in total. The van der Waals surface area contributed by atoms with Crippen molar-refractivity contribution in [2.24, 2.45) is 10.9 Å². The van der Waals surface area contributed by atoms with Crippen molar-refractivity contribution in [2.75, 3.05) is 0 Å². The zero-order valence-corrected chi connectivity index (χ0v) is 19.3. The van der Waals surface area contributed by atoms with Crippen molar-refractivity contribution in [3.05, 3.63) is 65.9 Å². The largest absolute Gasteiger partial charge is 0.481 e. The molecule has 0 fully saturated rings. The van der Waals surface area contributed by atoms with Gasteiger partial charge in [0.15, 0.2) is 5.69 Å². The normalized spacial score (nSPS) is 11.5. The van der Waals surface area contributed by atoms with Crippen LogP contribution in [0.1, 0.15) is 30.5 Å². The maximum absolute atomic E-state index is 13.1. The lowest BCUT2D eigenvalue weighted by Crippen LogP contribution is -2.12. The van der Waals surface area contributed by atoms with Crippen molar-refractivity contribution in [2.45, 2.75) is 37.3 Å². The number of carboxylic acid groups (broad SMARTS) is 1. The van der Waals surface area contributed by atoms with Gasteiger partial charge in [-0.15, -0.1) is 0 Å². The molecule has 1 heterocycles. The average Bonchev–Trinajstić information content (AvgIpc) is 3.20. The maximum atomic E-state index is 13.1. The minimum atomic E-state index is -4.61. The van der Waals surface area contributed by atoms with Gasteiger partial charge in [0.25, 0.3) is 0 Å². The van der Waals surface area contributed by atoms with Gasteiger partial charge >= 0.3 is 12.1 Å². The van der Waals surface area contributed by atoms with Crippen LogP contribution in [0.25, 0.3) is 16.9 Å². The summed E-state index contributed by atoms with van der Waals surface area (Å²) in [5, 5.41) is 16.8. The minimum absolute atomic E-state index is 0.0168. The number of carbonyl (C=O) groups excluding carboxylic acids is 1. The van der Waals surface area contributed by atoms with Crippen LogP contribution in [0.2, 0.25) is 0 Å². The lowest BCUT2D eigenvalue weighted by Gasteiger charge is -2.09. The number of carbonyl (C=O) groups is 2. The van der Waals surface area contributed by atoms with Crippen LogP contribution in [-0.4, -0.2) is 35.2 Å². The average molecular weight is 513 g/mol. The van der Waals surface area contributed by atoms with Crippen molar-refractivity contribution < 1.29 is 36.3 Å². The molecule has 0 bridgehead atoms. The molecule has 3 aromatic rings. The van der Waals surface area contributed by atoms with Crippen LogP contribution in [0.3, 0.4) is 0 Å². The van der Waals surface area contributed by atoms with Crippen molar-refractivity contribution in [3.8, 4) is 16.9 Å². The molecule has 1 amide bonds. The molecule has 188 valence electrons. The predicted octanol–water partition coefficient (Wildman–Crippen LogP) is 3.24. The molecule has 0 aliphatic carbocycles. The van der Waals surface area contributed by atoms with Gasteiger partial charge in [0, 0.05) is 18.4 Å². The van der Waals surface area contributed by atoms with Crippen molar-refractivity contribution in [1.82, 2.24) is 9.78 Å². The third kappa shape index (κ3) is 8.22. The first kappa shape index (κ1) is 27.5. The molecule has 0 aliphatic heterocycles. The highest BCUT2D eigenvalue weighted by molar-refractivity contribution is 7.89. The zero-order chi connectivity index (χ0) is 26.4. The van der Waals surface area contributed by atoms with Crippen LogP contribution in [0, 0.1) is 6.92 Å². The molecule has 35 heavy (non-hydrogen) atoms. The number of halogens is 3. The Bertz CT molecular complexity index is 1270. The van der Waals surface area contributed by atoms with Gasteiger partial charge in [-0.2, -0.15) is 18.3 Å². The summed E-state index contributed by atoms with van der Waals surface area (Å²) in [6, 6.07) is 13.1. The fraction of sp³-hybridized carbons (Fsp3) is 0.227. The summed E-state index contributed by atoms with van der Waals surface area (Å²) in [6.07, 6.45) is -4.09. The van der Waals surface area contributed by atoms with E-state index < -0.39 is 33.8 Å². The molecule has 2 aromatic carbocycles. The van der Waals surface area contributed by atoms with Gasteiger partial charge in [0.2, 0.25) is 15.9 Å². The molecule has 1 aromatic heterocycles. The number of sulfonamides is 1. The highest BCUT2D eigenvalue weighted by Gasteiger charge is 2.35. The monoisotopic (exact) mass is 512 g/mol. The summed E-state index contributed by atoms with van der Waals surface area (Å²) in [5.41, 5.74) is 5.74. The van der Waals surface area contributed by atoms with Gasteiger partial charge < -0.3 is 10.8 Å². The van der Waals surface area contributed by atoms with E-state index >= 15 is 0 Å². The van der Waals surface area contributed by atoms with E-state index in [1.807, 2.05) is 6.92 Å². The van der Waals surface area contributed by atoms with Gasteiger partial charge in [-0.3, -0.25) is 9.59 Å². The van der Waals surface area contributed by atoms with Gasteiger partial charge in [0.05, 0.1) is 16.3 Å². The van der Waals surface area contributed by atoms with E-state index in [4.69, 9.17) is 16.0 Å². The second-order valence-electron chi connectivity index (χ2n) is 7.44. The number of primary amides is 1. The van der Waals surface area contributed by atoms with Crippen LogP contribution in [0.5, 0.6) is 0 Å². The molecular weight excluding hydrogens is 489 g/mol. The number of benzene rings is 2. The Balaban J connectivity index is 0.000000410. The summed E-state index contributed by atoms with van der Waals surface area (Å²) in [7, 11) is -3.90. The number of alkyl halides is 3. The van der Waals surface area contributed by atoms with Crippen LogP contribution in [0.15, 0.2) is 59.5 Å². The number of aliphatic carboxylic acids is 1. The first-order valence-corrected chi connectivity index (χ1v) is 11.6. The van der Waals surface area contributed by atoms with E-state index in [1.165, 1.54) is 24.3 Å². The number of nitrogens with two attached hydrogens (primary N) is 2. The second kappa shape index (κ2) is 11.1. The lowest BCUT2D eigenvalue weighted by atomic mass is 10.1. The van der Waals surface area contributed by atoms with Crippen molar-refractivity contribution >= 4 is 21.9 Å². The molecule has 3 rings (SSSR count). The molecular formula is C22H23F3N4O5S. The quantitative estimate of drug-likeness (QED) is 0.441. The van der Waals surface area contributed by atoms with Gasteiger partial charge in [-0.1, -0.05) is 29.8 Å². The van der Waals surface area contributed by atoms with Crippen molar-refractivity contribution in [1.29, 1.82) is 0 Å². The Morgan fingerprint density at radius 2 is 1.60 bits per heavy atom. The zero-order valence-electron chi connectivity index (χ0n) is 18.5. The number of amides is 1. The summed E-state index contributed by atoms with van der Waals surface area (Å²) in [4.78, 5) is 19.7. The fourth-order valence-corrected chi connectivity index (χ4v) is 3.35. The topological polar surface area (TPSA) is 158 Å². The number of carboxylic acids is 1. The van der Waals surface area contributed by atoms with E-state index in [0.29, 0.717) is 12.0 Å². The Kier molecular flexibility index (Phi) is 8.77. The Morgan fingerprint density at radius 3 is 2.06 bits per heavy atom. The number of hydrogen-bond acceptors (Lipinski definition) is 5. The summed E-state index contributed by atoms with van der Waals surface area (Å²) in [6.45, 7) is 1.87. The second-order valence-corrected chi connectivity index (χ2v) is 9.00. The van der Waals surface area contributed by atoms with Crippen LogP contribution >= 0.6 is 0 Å². The highest BCUT2D eigenvalue weighted by atomic mass is 32.2. The Morgan fingerprint density at radius 1 is 1.03 bits per heavy atom. The minimum Gasteiger partial charge on any atom is -0.481 e. The van der Waals surface area contributed by atoms with Crippen LogP contribution in [-0.2, 0) is 25.8 Å². The van der Waals surface area contributed by atoms with E-state index in [1.54, 1.807) is 24.3 Å². The first-order valence-electron chi connectivity index (χ1n) is 10.1. The molecule has 0 saturated heterocycles. The van der Waals surface area contributed by atoms with E-state index in [9.17, 15) is 31.2 Å². The summed E-state index contributed by atoms with van der Waals surface area (Å²) in [5.74, 6) is -1.34. The molecule has 0 aliphatic rings. The number of hydrogen-bond donors (Lipinski definition) is 3. The number of nitrogens with zero attached hydrogens (tertiary/aromatic N) is 2. The Labute approximate surface area is 199 Å². The van der Waals surface area contributed by atoms with Gasteiger partial charge in [-0.25, -0.2) is 18.2 Å². The molecule has 0 saturated carbocycles. The molecule has 13 heteroatoms. The predicted molar refractivity (Wildman–Crippen MR) is 121 cm³/mol. The van der Waals surface area contributed by atoms with E-state index in [-0.39, 0.29) is 29.1 Å². The standard InChI is InChI=1S/C17H14F3N3O2S.C5H9NO3/c1-11-2-4-12(5-3-11)15-10-16(17(18,19)20)22-23(15)13-6-8-14(9-7-13)26(21,24)25;6-4(7)2-1-3-5(8)9/h2-10H,1H3,(H2,21,24,25);1-3H2,(H2,6,7)(H,8,9). The third-order valence-electron chi connectivity index (χ3n) is 4.57. The number of primary sulfonamides is 1. The number of aryl methyl sites for hydroxylation is 1. The molecule has 0 spiro atoms. The molecule has 0 unspecified atom stereocenters. The molecule has 0 atom stereocenters. The maximum Gasteiger partial charge on any atom is 0.435 e. The van der Waals surface area contributed by atoms with Gasteiger partial charge in [-0.05, 0) is 43.7 Å². The van der Waals surface area contributed by atoms with E-state index in [2.05, 4.69) is 5.10 Å². The van der Waals surface area contributed by atoms with E-state index in [0.717, 1.165) is 16.3 Å². The highest BCUT2D eigenvalue weighted by Crippen LogP contribution is 2.33. The van der Waals surface area contributed by atoms with Crippen molar-refractivity contribution in [3.63, 3.8) is 0 Å². The van der Waals surface area contributed by atoms with Crippen LogP contribution in [0.4, 0.5) is 13.2 Å². The first-order chi connectivity index (χ1) is 16.2. The fourth-order valence-electron chi connectivity index (χ4n) is 2.84. The summed E-state index contributed by atoms with van der Waals surface area (Å²) >= 11 is 0. The summed E-state index contributed by atoms with van der Waals surface area (Å²) < 4.78 is 63.2. The number of aromatic nitrogens is 2. The lowest BCUT2D eigenvalue weighted by molar-refractivity contribution is -0.141. The van der Waals surface area contributed by atoms with Gasteiger partial charge in [0.1, 0.15) is 0 Å². The smallest absolute Gasteiger partial charge is 0.435 e. The molecule has 5 N–H and O–H groups in total. The van der Waals surface area contributed by atoms with Crippen LogP contribution < -0.4 is 10.9 Å². The third-order valence-corrected chi connectivity index (χ3v) is 5.50.